The first kappa shape index (κ1) is 4.82. The number of nitrogens with zero attached hydrogens (tertiary/aromatic N) is 2. The number of hydrogen-bond donors (Lipinski definition) is 0. The highest BCUT2D eigenvalue weighted by atomic mass is 27.0. The van der Waals surface area contributed by atoms with Crippen molar-refractivity contribution in [3.63, 3.8) is 0 Å². The molecule has 36 valence electrons. The van der Waals surface area contributed by atoms with E-state index in [1.807, 2.05) is 0 Å². The molecule has 3 nitrogen and oxygen atoms in total. The van der Waals surface area contributed by atoms with Crippen molar-refractivity contribution in [3.8, 4) is 0 Å². The molecule has 0 radical (unpaired) electrons. The largest absolute Gasteiger partial charge is 0.446 e. The van der Waals surface area contributed by atoms with Gasteiger partial charge in [-0.25, -0.2) is 0 Å². The van der Waals surface area contributed by atoms with Crippen molar-refractivity contribution in [2.45, 2.75) is 6.92 Å². The van der Waals surface area contributed by atoms with Crippen LogP contribution in [0.1, 0.15) is 5.89 Å². The summed E-state index contributed by atoms with van der Waals surface area (Å²) in [5.74, 6) is 0.657. The fourth-order valence-corrected chi connectivity index (χ4v) is 0.791. The predicted molar refractivity (Wildman–Crippen MR) is 27.2 cm³/mol. The summed E-state index contributed by atoms with van der Waals surface area (Å²) in [6.45, 7) is 1.79. The molecule has 0 bridgehead atoms. The highest BCUT2D eigenvalue weighted by molar-refractivity contribution is 6.27. The van der Waals surface area contributed by atoms with Crippen molar-refractivity contribution in [2.24, 2.45) is 0 Å². The maximum atomic E-state index is 4.92. The summed E-state index contributed by atoms with van der Waals surface area (Å²) in [6.07, 6.45) is 0. The molecule has 0 aliphatic rings. The molecule has 0 fully saturated rings. The third-order valence-corrected chi connectivity index (χ3v) is 1.03. The summed E-state index contributed by atoms with van der Waals surface area (Å²) in [5, 5.41) is 7.30. The van der Waals surface area contributed by atoms with Crippen LogP contribution in [0.4, 0.5) is 0 Å². The average Bonchev–Trinajstić information content (AvgIpc) is 1.87. The monoisotopic (exact) mass is 112 g/mol. The van der Waals surface area contributed by atoms with Gasteiger partial charge >= 0.3 is 16.3 Å². The number of aromatic nitrogens is 2. The highest BCUT2D eigenvalue weighted by Crippen LogP contribution is 1.79. The van der Waals surface area contributed by atoms with Crippen molar-refractivity contribution >= 4 is 21.0 Å². The van der Waals surface area contributed by atoms with Gasteiger partial charge in [0.2, 0.25) is 5.89 Å². The molecule has 0 amide bonds. The number of hydrogen-bond acceptors (Lipinski definition) is 3. The number of rotatable bonds is 0. The summed E-state index contributed by atoms with van der Waals surface area (Å²) in [7, 11) is 0. The molecule has 0 aliphatic heterocycles. The van der Waals surface area contributed by atoms with Gasteiger partial charge < -0.3 is 4.42 Å². The van der Waals surface area contributed by atoms with Crippen LogP contribution in [0.5, 0.6) is 0 Å². The third kappa shape index (κ3) is 1.02. The van der Waals surface area contributed by atoms with Gasteiger partial charge in [0.1, 0.15) is 4.75 Å². The van der Waals surface area contributed by atoms with Gasteiger partial charge in [-0.15, -0.1) is 10.2 Å². The zero-order valence-corrected chi connectivity index (χ0v) is 6.30. The zero-order valence-electron chi connectivity index (χ0n) is 4.30. The third-order valence-electron chi connectivity index (χ3n) is 0.627. The van der Waals surface area contributed by atoms with Gasteiger partial charge in [0, 0.05) is 6.92 Å². The molecule has 1 aromatic heterocycles. The molecule has 4 heteroatoms. The van der Waals surface area contributed by atoms with E-state index >= 15 is 0 Å². The lowest BCUT2D eigenvalue weighted by Gasteiger charge is -1.71. The van der Waals surface area contributed by atoms with E-state index in [2.05, 4.69) is 10.2 Å². The fraction of sp³-hybridized carbons (Fsp3) is 0.333. The second kappa shape index (κ2) is 1.65. The van der Waals surface area contributed by atoms with E-state index < -0.39 is 0 Å². The minimum atomic E-state index is 0.657. The Labute approximate surface area is 49.2 Å². The molecular formula is C3H5AlN2O. The van der Waals surface area contributed by atoms with Gasteiger partial charge in [0.05, 0.1) is 0 Å². The Morgan fingerprint density at radius 1 is 1.57 bits per heavy atom. The Morgan fingerprint density at radius 2 is 2.29 bits per heavy atom. The van der Waals surface area contributed by atoms with Gasteiger partial charge in [0.15, 0.2) is 0 Å². The quantitative estimate of drug-likeness (QED) is 0.389. The van der Waals surface area contributed by atoms with Crippen LogP contribution in [0.3, 0.4) is 0 Å². The van der Waals surface area contributed by atoms with E-state index in [0.717, 1.165) is 21.0 Å². The van der Waals surface area contributed by atoms with Crippen LogP contribution >= 0.6 is 0 Å². The molecule has 0 saturated carbocycles. The maximum Gasteiger partial charge on any atom is 0.354 e. The summed E-state index contributed by atoms with van der Waals surface area (Å²) in [4.78, 5) is 0. The molecular weight excluding hydrogens is 107 g/mol. The van der Waals surface area contributed by atoms with E-state index in [9.17, 15) is 0 Å². The molecule has 0 atom stereocenters. The van der Waals surface area contributed by atoms with Gasteiger partial charge in [-0.3, -0.25) is 0 Å². The Kier molecular flexibility index (Phi) is 1.13. The topological polar surface area (TPSA) is 38.9 Å². The lowest BCUT2D eigenvalue weighted by molar-refractivity contribution is 0.549. The van der Waals surface area contributed by atoms with E-state index in [-0.39, 0.29) is 0 Å². The molecule has 0 saturated heterocycles. The van der Waals surface area contributed by atoms with Crippen molar-refractivity contribution in [3.05, 3.63) is 5.89 Å². The second-order valence-corrected chi connectivity index (χ2v) is 2.20. The van der Waals surface area contributed by atoms with E-state index in [0.29, 0.717) is 5.89 Å². The Balaban J connectivity index is 3.04. The maximum absolute atomic E-state index is 4.92. The normalized spacial score (nSPS) is 9.29. The van der Waals surface area contributed by atoms with E-state index in [1.54, 1.807) is 6.92 Å². The molecule has 1 heterocycles. The standard InChI is InChI=1S/C3H3N2O.Al.2H/c1-3-5-4-2-6-3;;;/h1H3;;;. The first-order valence-corrected chi connectivity index (χ1v) is 3.06. The van der Waals surface area contributed by atoms with E-state index in [1.165, 1.54) is 0 Å². The van der Waals surface area contributed by atoms with Crippen LogP contribution in [-0.2, 0) is 0 Å². The summed E-state index contributed by atoms with van der Waals surface area (Å²) in [5.41, 5.74) is 0. The zero-order chi connectivity index (χ0) is 5.28. The molecule has 0 aromatic carbocycles. The van der Waals surface area contributed by atoms with Crippen LogP contribution in [-0.4, -0.2) is 26.5 Å². The van der Waals surface area contributed by atoms with Crippen molar-refractivity contribution in [1.29, 1.82) is 0 Å². The summed E-state index contributed by atoms with van der Waals surface area (Å²) >= 11 is 0.854. The van der Waals surface area contributed by atoms with Gasteiger partial charge in [0.25, 0.3) is 0 Å². The van der Waals surface area contributed by atoms with Gasteiger partial charge in [-0.2, -0.15) is 0 Å². The molecule has 0 unspecified atom stereocenters. The van der Waals surface area contributed by atoms with Crippen LogP contribution in [0.2, 0.25) is 0 Å². The lowest BCUT2D eigenvalue weighted by Crippen LogP contribution is -2.00. The van der Waals surface area contributed by atoms with Crippen LogP contribution in [0, 0.1) is 6.92 Å². The first-order valence-electron chi connectivity index (χ1n) is 2.06. The Bertz CT molecular complexity index is 145. The smallest absolute Gasteiger partial charge is 0.354 e. The predicted octanol–water partition coefficient (Wildman–Crippen LogP) is -1.36. The minimum absolute atomic E-state index is 0.657. The van der Waals surface area contributed by atoms with Crippen LogP contribution < -0.4 is 4.75 Å². The van der Waals surface area contributed by atoms with Gasteiger partial charge in [-0.05, 0) is 0 Å². The highest BCUT2D eigenvalue weighted by Gasteiger charge is 1.89. The Morgan fingerprint density at radius 3 is 2.43 bits per heavy atom. The molecule has 0 spiro atoms. The molecule has 0 N–H and O–H groups in total. The molecule has 7 heavy (non-hydrogen) atoms. The van der Waals surface area contributed by atoms with Gasteiger partial charge in [-0.1, -0.05) is 0 Å². The average molecular weight is 112 g/mol. The number of aryl methyl sites for hydroxylation is 1. The van der Waals surface area contributed by atoms with Crippen molar-refractivity contribution in [1.82, 2.24) is 10.2 Å². The molecule has 0 aliphatic carbocycles. The second-order valence-electron chi connectivity index (χ2n) is 1.34. The first-order chi connectivity index (χ1) is 3.29. The minimum Gasteiger partial charge on any atom is -0.446 e. The lowest BCUT2D eigenvalue weighted by atomic mass is 10.8. The van der Waals surface area contributed by atoms with Crippen LogP contribution in [0.25, 0.3) is 0 Å². The van der Waals surface area contributed by atoms with Crippen molar-refractivity contribution in [2.75, 3.05) is 0 Å². The van der Waals surface area contributed by atoms with Crippen LogP contribution in [0.15, 0.2) is 4.42 Å². The Hall–Kier alpha value is -0.328. The molecule has 1 rings (SSSR count). The van der Waals surface area contributed by atoms with Crippen molar-refractivity contribution < 1.29 is 4.42 Å². The fourth-order valence-electron chi connectivity index (χ4n) is 0.395. The van der Waals surface area contributed by atoms with E-state index in [4.69, 9.17) is 4.42 Å². The summed E-state index contributed by atoms with van der Waals surface area (Å²) in [6, 6.07) is 0. The summed E-state index contributed by atoms with van der Waals surface area (Å²) < 4.78 is 5.68. The SMILES string of the molecule is Cc1nn[c]([AlH2])o1. The molecule has 1 aromatic rings.